The van der Waals surface area contributed by atoms with Crippen LogP contribution in [0.5, 0.6) is 0 Å². The molecule has 0 unspecified atom stereocenters. The van der Waals surface area contributed by atoms with E-state index in [4.69, 9.17) is 5.11 Å². The molecular formula is C13H17NO3S. The van der Waals surface area contributed by atoms with E-state index in [0.29, 0.717) is 19.4 Å². The normalized spacial score (nSPS) is 20.9. The van der Waals surface area contributed by atoms with Crippen LogP contribution in [0.4, 0.5) is 0 Å². The molecule has 0 aromatic carbocycles. The SMILES string of the molecule is C[C@@H](Cc1cccs1)C(=O)N1CCC[C@H]1C(=O)O. The van der Waals surface area contributed by atoms with E-state index in [-0.39, 0.29) is 11.8 Å². The molecule has 1 aromatic rings. The molecule has 2 heterocycles. The predicted octanol–water partition coefficient (Wildman–Crippen LogP) is 2.00. The number of aliphatic carboxylic acids is 1. The largest absolute Gasteiger partial charge is 0.480 e. The second kappa shape index (κ2) is 5.52. The summed E-state index contributed by atoms with van der Waals surface area (Å²) in [7, 11) is 0. The van der Waals surface area contributed by atoms with Gasteiger partial charge in [-0.25, -0.2) is 4.79 Å². The molecule has 2 atom stereocenters. The number of carboxylic acids is 1. The van der Waals surface area contributed by atoms with Gasteiger partial charge in [0.25, 0.3) is 0 Å². The van der Waals surface area contributed by atoms with Crippen molar-refractivity contribution >= 4 is 23.2 Å². The van der Waals surface area contributed by atoms with Gasteiger partial charge in [0.2, 0.25) is 5.91 Å². The van der Waals surface area contributed by atoms with E-state index in [2.05, 4.69) is 0 Å². The third-order valence-corrected chi connectivity index (χ3v) is 4.23. The van der Waals surface area contributed by atoms with Crippen molar-refractivity contribution in [2.24, 2.45) is 5.92 Å². The van der Waals surface area contributed by atoms with E-state index >= 15 is 0 Å². The van der Waals surface area contributed by atoms with E-state index in [1.54, 1.807) is 11.3 Å². The van der Waals surface area contributed by atoms with Crippen LogP contribution in [-0.2, 0) is 16.0 Å². The molecule has 1 N–H and O–H groups in total. The van der Waals surface area contributed by atoms with Crippen LogP contribution >= 0.6 is 11.3 Å². The number of carbonyl (C=O) groups is 2. The molecule has 1 saturated heterocycles. The van der Waals surface area contributed by atoms with Gasteiger partial charge in [-0.3, -0.25) is 4.79 Å². The lowest BCUT2D eigenvalue weighted by atomic mass is 10.0. The lowest BCUT2D eigenvalue weighted by molar-refractivity contribution is -0.149. The Hall–Kier alpha value is -1.36. The van der Waals surface area contributed by atoms with Crippen LogP contribution in [0.25, 0.3) is 0 Å². The van der Waals surface area contributed by atoms with Crippen LogP contribution in [0.1, 0.15) is 24.6 Å². The van der Waals surface area contributed by atoms with Gasteiger partial charge < -0.3 is 10.0 Å². The van der Waals surface area contributed by atoms with E-state index in [1.165, 1.54) is 9.78 Å². The highest BCUT2D eigenvalue weighted by molar-refractivity contribution is 7.09. The Balaban J connectivity index is 1.99. The van der Waals surface area contributed by atoms with E-state index in [1.807, 2.05) is 24.4 Å². The number of carbonyl (C=O) groups excluding carboxylic acids is 1. The van der Waals surface area contributed by atoms with Gasteiger partial charge >= 0.3 is 5.97 Å². The fourth-order valence-corrected chi connectivity index (χ4v) is 3.22. The molecule has 1 aromatic heterocycles. The lowest BCUT2D eigenvalue weighted by Crippen LogP contribution is -2.43. The van der Waals surface area contributed by atoms with Crippen LogP contribution in [-0.4, -0.2) is 34.5 Å². The van der Waals surface area contributed by atoms with Crippen LogP contribution < -0.4 is 0 Å². The molecule has 2 rings (SSSR count). The van der Waals surface area contributed by atoms with Crippen molar-refractivity contribution < 1.29 is 14.7 Å². The molecule has 18 heavy (non-hydrogen) atoms. The van der Waals surface area contributed by atoms with Gasteiger partial charge in [0.1, 0.15) is 6.04 Å². The van der Waals surface area contributed by atoms with Crippen LogP contribution in [0.3, 0.4) is 0 Å². The minimum Gasteiger partial charge on any atom is -0.480 e. The molecule has 1 fully saturated rings. The van der Waals surface area contributed by atoms with Crippen molar-refractivity contribution in [1.29, 1.82) is 0 Å². The maximum absolute atomic E-state index is 12.3. The topological polar surface area (TPSA) is 57.6 Å². The first kappa shape index (κ1) is 13.1. The number of hydrogen-bond acceptors (Lipinski definition) is 3. The van der Waals surface area contributed by atoms with Gasteiger partial charge in [0, 0.05) is 17.3 Å². The van der Waals surface area contributed by atoms with Gasteiger partial charge in [0.05, 0.1) is 0 Å². The Morgan fingerprint density at radius 2 is 2.39 bits per heavy atom. The monoisotopic (exact) mass is 267 g/mol. The zero-order valence-electron chi connectivity index (χ0n) is 10.3. The van der Waals surface area contributed by atoms with Crippen molar-refractivity contribution in [3.63, 3.8) is 0 Å². The van der Waals surface area contributed by atoms with E-state index < -0.39 is 12.0 Å². The number of likely N-dealkylation sites (tertiary alicyclic amines) is 1. The molecule has 0 spiro atoms. The Bertz CT molecular complexity index is 429. The highest BCUT2D eigenvalue weighted by atomic mass is 32.1. The van der Waals surface area contributed by atoms with Crippen molar-refractivity contribution in [2.75, 3.05) is 6.54 Å². The summed E-state index contributed by atoms with van der Waals surface area (Å²) in [5.41, 5.74) is 0. The summed E-state index contributed by atoms with van der Waals surface area (Å²) in [6, 6.07) is 3.35. The lowest BCUT2D eigenvalue weighted by Gasteiger charge is -2.24. The number of carboxylic acid groups (broad SMARTS) is 1. The van der Waals surface area contributed by atoms with E-state index in [0.717, 1.165) is 6.42 Å². The minimum atomic E-state index is -0.885. The molecule has 0 aliphatic carbocycles. The molecule has 5 heteroatoms. The average molecular weight is 267 g/mol. The number of thiophene rings is 1. The molecule has 0 saturated carbocycles. The first-order valence-corrected chi connectivity index (χ1v) is 7.03. The highest BCUT2D eigenvalue weighted by Gasteiger charge is 2.35. The zero-order valence-corrected chi connectivity index (χ0v) is 11.2. The number of amides is 1. The predicted molar refractivity (Wildman–Crippen MR) is 69.6 cm³/mol. The van der Waals surface area contributed by atoms with Gasteiger partial charge in [-0.2, -0.15) is 0 Å². The smallest absolute Gasteiger partial charge is 0.326 e. The summed E-state index contributed by atoms with van der Waals surface area (Å²) in [4.78, 5) is 26.0. The van der Waals surface area contributed by atoms with Crippen LogP contribution in [0, 0.1) is 5.92 Å². The van der Waals surface area contributed by atoms with Crippen LogP contribution in [0.2, 0.25) is 0 Å². The Labute approximate surface area is 110 Å². The first-order valence-electron chi connectivity index (χ1n) is 6.15. The molecule has 98 valence electrons. The maximum atomic E-state index is 12.3. The molecule has 1 amide bonds. The number of hydrogen-bond donors (Lipinski definition) is 1. The van der Waals surface area contributed by atoms with Gasteiger partial charge in [-0.1, -0.05) is 13.0 Å². The number of rotatable bonds is 4. The maximum Gasteiger partial charge on any atom is 0.326 e. The molecule has 1 aliphatic heterocycles. The molecule has 4 nitrogen and oxygen atoms in total. The summed E-state index contributed by atoms with van der Waals surface area (Å²) in [6.07, 6.45) is 2.06. The van der Waals surface area contributed by atoms with Crippen molar-refractivity contribution in [2.45, 2.75) is 32.2 Å². The van der Waals surface area contributed by atoms with Gasteiger partial charge in [0.15, 0.2) is 0 Å². The minimum absolute atomic E-state index is 0.0340. The Morgan fingerprint density at radius 3 is 3.00 bits per heavy atom. The Morgan fingerprint density at radius 1 is 1.61 bits per heavy atom. The molecule has 1 aliphatic rings. The third kappa shape index (κ3) is 2.72. The summed E-state index contributed by atoms with van der Waals surface area (Å²) < 4.78 is 0. The first-order chi connectivity index (χ1) is 8.59. The van der Waals surface area contributed by atoms with Crippen molar-refractivity contribution in [1.82, 2.24) is 4.90 Å². The zero-order chi connectivity index (χ0) is 13.1. The summed E-state index contributed by atoms with van der Waals surface area (Å²) in [5, 5.41) is 11.1. The Kier molecular flexibility index (Phi) is 4.01. The fourth-order valence-electron chi connectivity index (χ4n) is 2.39. The van der Waals surface area contributed by atoms with Crippen molar-refractivity contribution in [3.05, 3.63) is 22.4 Å². The molecular weight excluding hydrogens is 250 g/mol. The molecule has 0 radical (unpaired) electrons. The summed E-state index contributed by atoms with van der Waals surface area (Å²) in [5.74, 6) is -1.07. The number of nitrogens with zero attached hydrogens (tertiary/aromatic N) is 1. The summed E-state index contributed by atoms with van der Waals surface area (Å²) >= 11 is 1.63. The second-order valence-corrected chi connectivity index (χ2v) is 5.74. The quantitative estimate of drug-likeness (QED) is 0.907. The second-order valence-electron chi connectivity index (χ2n) is 4.71. The van der Waals surface area contributed by atoms with Gasteiger partial charge in [-0.05, 0) is 30.7 Å². The highest BCUT2D eigenvalue weighted by Crippen LogP contribution is 2.22. The van der Waals surface area contributed by atoms with Crippen molar-refractivity contribution in [3.8, 4) is 0 Å². The average Bonchev–Trinajstić information content (AvgIpc) is 2.97. The third-order valence-electron chi connectivity index (χ3n) is 3.33. The fraction of sp³-hybridized carbons (Fsp3) is 0.538. The van der Waals surface area contributed by atoms with Crippen LogP contribution in [0.15, 0.2) is 17.5 Å². The van der Waals surface area contributed by atoms with Gasteiger partial charge in [-0.15, -0.1) is 11.3 Å². The summed E-state index contributed by atoms with van der Waals surface area (Å²) in [6.45, 7) is 2.45. The standard InChI is InChI=1S/C13H17NO3S/c1-9(8-10-4-3-7-18-10)12(15)14-6-2-5-11(14)13(16)17/h3-4,7,9,11H,2,5-6,8H2,1H3,(H,16,17)/t9-,11-/m0/s1. The molecule has 0 bridgehead atoms. The van der Waals surface area contributed by atoms with E-state index in [9.17, 15) is 9.59 Å².